The maximum atomic E-state index is 13.3. The van der Waals surface area contributed by atoms with Gasteiger partial charge in [0.1, 0.15) is 17.4 Å². The van der Waals surface area contributed by atoms with Gasteiger partial charge in [-0.1, -0.05) is 12.1 Å². The van der Waals surface area contributed by atoms with Crippen molar-refractivity contribution in [1.29, 1.82) is 0 Å². The van der Waals surface area contributed by atoms with Crippen LogP contribution in [0, 0.1) is 5.82 Å². The summed E-state index contributed by atoms with van der Waals surface area (Å²) in [6.45, 7) is 0. The lowest BCUT2D eigenvalue weighted by Crippen LogP contribution is -2.54. The van der Waals surface area contributed by atoms with E-state index in [1.165, 1.54) is 29.2 Å². The van der Waals surface area contributed by atoms with E-state index < -0.39 is 11.8 Å². The Morgan fingerprint density at radius 1 is 1.07 bits per heavy atom. The van der Waals surface area contributed by atoms with Gasteiger partial charge in [0.2, 0.25) is 5.91 Å². The van der Waals surface area contributed by atoms with Crippen molar-refractivity contribution >= 4 is 23.5 Å². The number of rotatable bonds is 3. The van der Waals surface area contributed by atoms with Gasteiger partial charge in [0.25, 0.3) is 0 Å². The van der Waals surface area contributed by atoms with Crippen LogP contribution in [0.1, 0.15) is 17.9 Å². The Hall–Kier alpha value is -3.22. The summed E-state index contributed by atoms with van der Waals surface area (Å²) in [5.41, 5.74) is 1.43. The number of halogens is 1. The van der Waals surface area contributed by atoms with Crippen molar-refractivity contribution in [2.45, 2.75) is 18.4 Å². The second-order valence-electron chi connectivity index (χ2n) is 6.60. The zero-order valence-electron chi connectivity index (χ0n) is 14.9. The van der Waals surface area contributed by atoms with Gasteiger partial charge in [0, 0.05) is 19.4 Å². The number of hydrogen-bond donors (Lipinski definition) is 0. The van der Waals surface area contributed by atoms with Crippen LogP contribution in [0.2, 0.25) is 0 Å². The standard InChI is InChI=1S/C20H18FN3O3/c1-23-18-16(12-3-9-15(27-2)10-4-12)11-17(25)24(19(18)22-20(23)26)14-7-5-13(21)6-8-14/h3-10,16,18H,11H2,1-2H3/t16-,18-/m0/s1. The van der Waals surface area contributed by atoms with Crippen LogP contribution in [0.25, 0.3) is 0 Å². The molecule has 2 aromatic carbocycles. The number of benzene rings is 2. The number of fused-ring (bicyclic) bond motifs is 1. The largest absolute Gasteiger partial charge is 0.497 e. The van der Waals surface area contributed by atoms with Crippen LogP contribution in [0.3, 0.4) is 0 Å². The monoisotopic (exact) mass is 367 g/mol. The first-order valence-corrected chi connectivity index (χ1v) is 8.57. The van der Waals surface area contributed by atoms with E-state index in [2.05, 4.69) is 4.99 Å². The number of methoxy groups -OCH3 is 1. The summed E-state index contributed by atoms with van der Waals surface area (Å²) in [6, 6.07) is 12.3. The summed E-state index contributed by atoms with van der Waals surface area (Å²) in [7, 11) is 3.27. The van der Waals surface area contributed by atoms with Crippen molar-refractivity contribution in [1.82, 2.24) is 4.90 Å². The number of urea groups is 1. The van der Waals surface area contributed by atoms with Gasteiger partial charge in [-0.25, -0.2) is 9.18 Å². The maximum Gasteiger partial charge on any atom is 0.345 e. The molecule has 0 unspecified atom stereocenters. The van der Waals surface area contributed by atoms with Crippen molar-refractivity contribution in [2.75, 3.05) is 19.1 Å². The minimum atomic E-state index is -0.393. The first-order valence-electron chi connectivity index (χ1n) is 8.57. The molecule has 0 spiro atoms. The number of hydrogen-bond acceptors (Lipinski definition) is 3. The molecule has 2 atom stereocenters. The lowest BCUT2D eigenvalue weighted by atomic mass is 9.83. The van der Waals surface area contributed by atoms with E-state index in [1.807, 2.05) is 24.3 Å². The Kier molecular flexibility index (Phi) is 4.14. The molecule has 1 saturated heterocycles. The fourth-order valence-corrected chi connectivity index (χ4v) is 3.70. The SMILES string of the molecule is COc1ccc([C@@H]2CC(=O)N(c3ccc(F)cc3)C3=NC(=O)N(C)[C@H]32)cc1. The third-order valence-corrected chi connectivity index (χ3v) is 5.08. The van der Waals surface area contributed by atoms with Crippen LogP contribution in [0.15, 0.2) is 53.5 Å². The van der Waals surface area contributed by atoms with Gasteiger partial charge < -0.3 is 9.64 Å². The van der Waals surface area contributed by atoms with Crippen LogP contribution in [0.4, 0.5) is 14.9 Å². The van der Waals surface area contributed by atoms with Crippen LogP contribution in [-0.4, -0.2) is 42.9 Å². The molecular formula is C20H18FN3O3. The first kappa shape index (κ1) is 17.2. The molecule has 2 aliphatic rings. The molecule has 138 valence electrons. The van der Waals surface area contributed by atoms with Gasteiger partial charge >= 0.3 is 6.03 Å². The molecule has 2 aromatic rings. The Balaban J connectivity index is 1.75. The van der Waals surface area contributed by atoms with Crippen LogP contribution >= 0.6 is 0 Å². The smallest absolute Gasteiger partial charge is 0.345 e. The highest BCUT2D eigenvalue weighted by atomic mass is 19.1. The number of ether oxygens (including phenoxy) is 1. The van der Waals surface area contributed by atoms with E-state index in [0.717, 1.165) is 11.3 Å². The molecule has 1 fully saturated rings. The summed E-state index contributed by atoms with van der Waals surface area (Å²) in [5, 5.41) is 0. The molecule has 7 heteroatoms. The average molecular weight is 367 g/mol. The molecule has 0 radical (unpaired) electrons. The molecule has 6 nitrogen and oxygen atoms in total. The molecule has 27 heavy (non-hydrogen) atoms. The van der Waals surface area contributed by atoms with Crippen molar-refractivity contribution in [3.8, 4) is 5.75 Å². The van der Waals surface area contributed by atoms with E-state index in [1.54, 1.807) is 19.1 Å². The number of piperidine rings is 1. The number of aliphatic imine (C=N–C) groups is 1. The first-order chi connectivity index (χ1) is 13.0. The van der Waals surface area contributed by atoms with E-state index in [9.17, 15) is 14.0 Å². The average Bonchev–Trinajstić information content (AvgIpc) is 2.97. The van der Waals surface area contributed by atoms with Gasteiger partial charge in [-0.2, -0.15) is 4.99 Å². The molecular weight excluding hydrogens is 349 g/mol. The number of likely N-dealkylation sites (N-methyl/N-ethyl adjacent to an activating group) is 1. The summed E-state index contributed by atoms with van der Waals surface area (Å²) >= 11 is 0. The van der Waals surface area contributed by atoms with Crippen LogP contribution < -0.4 is 9.64 Å². The zero-order valence-corrected chi connectivity index (χ0v) is 14.9. The molecule has 0 aliphatic carbocycles. The lowest BCUT2D eigenvalue weighted by molar-refractivity contribution is -0.118. The summed E-state index contributed by atoms with van der Waals surface area (Å²) in [5.74, 6) is 0.318. The Bertz CT molecular complexity index is 924. The van der Waals surface area contributed by atoms with Crippen molar-refractivity contribution < 1.29 is 18.7 Å². The fraction of sp³-hybridized carbons (Fsp3) is 0.250. The minimum absolute atomic E-state index is 0.180. The van der Waals surface area contributed by atoms with Crippen LogP contribution in [-0.2, 0) is 4.79 Å². The quantitative estimate of drug-likeness (QED) is 0.837. The highest BCUT2D eigenvalue weighted by Gasteiger charge is 2.48. The number of amidine groups is 1. The van der Waals surface area contributed by atoms with Gasteiger partial charge in [-0.3, -0.25) is 9.69 Å². The number of carbonyl (C=O) groups excluding carboxylic acids is 2. The number of nitrogens with zero attached hydrogens (tertiary/aromatic N) is 3. The number of anilines is 1. The molecule has 0 aromatic heterocycles. The predicted octanol–water partition coefficient (Wildman–Crippen LogP) is 3.19. The fourth-order valence-electron chi connectivity index (χ4n) is 3.70. The van der Waals surface area contributed by atoms with Gasteiger partial charge in [-0.05, 0) is 42.0 Å². The Morgan fingerprint density at radius 3 is 2.37 bits per heavy atom. The normalized spacial score (nSPS) is 22.0. The van der Waals surface area contributed by atoms with Gasteiger partial charge in [-0.15, -0.1) is 0 Å². The predicted molar refractivity (Wildman–Crippen MR) is 98.6 cm³/mol. The van der Waals surface area contributed by atoms with E-state index in [4.69, 9.17) is 4.74 Å². The molecule has 2 aliphatic heterocycles. The number of amides is 3. The third-order valence-electron chi connectivity index (χ3n) is 5.08. The second-order valence-corrected chi connectivity index (χ2v) is 6.60. The highest BCUT2D eigenvalue weighted by molar-refractivity contribution is 6.25. The summed E-state index contributed by atoms with van der Waals surface area (Å²) in [6.07, 6.45) is 0.213. The third kappa shape index (κ3) is 2.85. The molecule has 2 heterocycles. The Labute approximate surface area is 155 Å². The van der Waals surface area contributed by atoms with Gasteiger partial charge in [0.05, 0.1) is 18.8 Å². The topological polar surface area (TPSA) is 62.2 Å². The molecule has 3 amide bonds. The van der Waals surface area contributed by atoms with E-state index >= 15 is 0 Å². The highest BCUT2D eigenvalue weighted by Crippen LogP contribution is 2.38. The molecule has 4 rings (SSSR count). The molecule has 0 N–H and O–H groups in total. The van der Waals surface area contributed by atoms with E-state index in [0.29, 0.717) is 11.5 Å². The van der Waals surface area contributed by atoms with Gasteiger partial charge in [0.15, 0.2) is 0 Å². The lowest BCUT2D eigenvalue weighted by Gasteiger charge is -2.39. The maximum absolute atomic E-state index is 13.3. The zero-order chi connectivity index (χ0) is 19.1. The summed E-state index contributed by atoms with van der Waals surface area (Å²) < 4.78 is 18.5. The van der Waals surface area contributed by atoms with Crippen LogP contribution in [0.5, 0.6) is 5.75 Å². The molecule has 0 bridgehead atoms. The van der Waals surface area contributed by atoms with Crippen molar-refractivity contribution in [2.24, 2.45) is 4.99 Å². The minimum Gasteiger partial charge on any atom is -0.497 e. The Morgan fingerprint density at radius 2 is 1.74 bits per heavy atom. The number of carbonyl (C=O) groups is 2. The molecule has 0 saturated carbocycles. The van der Waals surface area contributed by atoms with Crippen molar-refractivity contribution in [3.05, 3.63) is 59.9 Å². The summed E-state index contributed by atoms with van der Waals surface area (Å²) in [4.78, 5) is 32.3. The van der Waals surface area contributed by atoms with E-state index in [-0.39, 0.29) is 24.3 Å². The second kappa shape index (κ2) is 6.50. The van der Waals surface area contributed by atoms with Crippen molar-refractivity contribution in [3.63, 3.8) is 0 Å².